The van der Waals surface area contributed by atoms with Crippen LogP contribution in [-0.2, 0) is 19.1 Å². The first kappa shape index (κ1) is 29.1. The maximum absolute atomic E-state index is 11.9. The Hall–Kier alpha value is -0.940. The van der Waals surface area contributed by atoms with Gasteiger partial charge >= 0.3 is 0 Å². The Labute approximate surface area is 186 Å². The molecule has 0 aliphatic heterocycles. The van der Waals surface area contributed by atoms with Gasteiger partial charge in [-0.15, -0.1) is 0 Å². The average molecular weight is 428 g/mol. The third-order valence-electron chi connectivity index (χ3n) is 5.28. The summed E-state index contributed by atoms with van der Waals surface area (Å²) < 4.78 is 10.6. The molecule has 1 N–H and O–H groups in total. The summed E-state index contributed by atoms with van der Waals surface area (Å²) >= 11 is 0. The zero-order valence-corrected chi connectivity index (χ0v) is 20.0. The van der Waals surface area contributed by atoms with Crippen LogP contribution in [0.15, 0.2) is 0 Å². The summed E-state index contributed by atoms with van der Waals surface area (Å²) in [6.07, 6.45) is 19.4. The van der Waals surface area contributed by atoms with Crippen molar-refractivity contribution in [3.63, 3.8) is 0 Å². The fraction of sp³-hybridized carbons (Fsp3) is 0.920. The number of carbonyl (C=O) groups excluding carboxylic acids is 2. The van der Waals surface area contributed by atoms with Gasteiger partial charge in [-0.3, -0.25) is 9.59 Å². The van der Waals surface area contributed by atoms with Gasteiger partial charge in [-0.25, -0.2) is 0 Å². The lowest BCUT2D eigenvalue weighted by Gasteiger charge is -2.06. The maximum Gasteiger partial charge on any atom is 0.245 e. The fourth-order valence-corrected chi connectivity index (χ4v) is 3.47. The lowest BCUT2D eigenvalue weighted by Crippen LogP contribution is -2.27. The van der Waals surface area contributed by atoms with Gasteiger partial charge in [-0.2, -0.15) is 0 Å². The molecule has 0 unspecified atom stereocenters. The summed E-state index contributed by atoms with van der Waals surface area (Å²) in [5.74, 6) is 0.255. The van der Waals surface area contributed by atoms with E-state index >= 15 is 0 Å². The summed E-state index contributed by atoms with van der Waals surface area (Å²) in [7, 11) is 0. The van der Waals surface area contributed by atoms with Gasteiger partial charge in [0, 0.05) is 26.0 Å². The van der Waals surface area contributed by atoms with Crippen molar-refractivity contribution < 1.29 is 19.1 Å². The monoisotopic (exact) mass is 427 g/mol. The van der Waals surface area contributed by atoms with Crippen molar-refractivity contribution in [3.05, 3.63) is 0 Å². The van der Waals surface area contributed by atoms with E-state index in [4.69, 9.17) is 9.47 Å². The Kier molecular flexibility index (Phi) is 23.6. The number of ketones is 1. The molecule has 30 heavy (non-hydrogen) atoms. The number of carbonyl (C=O) groups is 2. The standard InChI is InChI=1S/C25H49NO4/c1-3-5-6-7-8-9-10-11-12-13-14-15-16-18-24(27)19-17-20-29-21-22-30-23-25(28)26-4-2/h3-23H2,1-2H3,(H,26,28). The molecule has 5 heteroatoms. The highest BCUT2D eigenvalue weighted by atomic mass is 16.5. The molecule has 0 heterocycles. The lowest BCUT2D eigenvalue weighted by atomic mass is 10.0. The Morgan fingerprint density at radius 2 is 1.10 bits per heavy atom. The molecular weight excluding hydrogens is 378 g/mol. The molecule has 0 spiro atoms. The summed E-state index contributed by atoms with van der Waals surface area (Å²) in [4.78, 5) is 23.1. The van der Waals surface area contributed by atoms with E-state index in [0.717, 1.165) is 12.8 Å². The number of ether oxygens (including phenoxy) is 2. The number of nitrogens with one attached hydrogen (secondary N) is 1. The van der Waals surface area contributed by atoms with Crippen LogP contribution in [0.5, 0.6) is 0 Å². The zero-order valence-electron chi connectivity index (χ0n) is 20.0. The molecule has 0 aromatic heterocycles. The van der Waals surface area contributed by atoms with Crippen LogP contribution in [0.1, 0.15) is 117 Å². The van der Waals surface area contributed by atoms with Crippen LogP contribution in [0, 0.1) is 0 Å². The summed E-state index contributed by atoms with van der Waals surface area (Å²) in [6, 6.07) is 0. The number of likely N-dealkylation sites (N-methyl/N-ethyl adjacent to an activating group) is 1. The van der Waals surface area contributed by atoms with Crippen molar-refractivity contribution >= 4 is 11.7 Å². The third kappa shape index (κ3) is 23.3. The van der Waals surface area contributed by atoms with Crippen LogP contribution >= 0.6 is 0 Å². The molecule has 0 fully saturated rings. The molecule has 0 aliphatic rings. The highest BCUT2D eigenvalue weighted by Gasteiger charge is 2.03. The van der Waals surface area contributed by atoms with Gasteiger partial charge in [-0.1, -0.05) is 84.0 Å². The van der Waals surface area contributed by atoms with Crippen molar-refractivity contribution in [2.75, 3.05) is 33.0 Å². The average Bonchev–Trinajstić information content (AvgIpc) is 2.73. The van der Waals surface area contributed by atoms with Crippen molar-refractivity contribution in [3.8, 4) is 0 Å². The van der Waals surface area contributed by atoms with Crippen LogP contribution in [0.4, 0.5) is 0 Å². The molecule has 1 amide bonds. The largest absolute Gasteiger partial charge is 0.379 e. The Balaban J connectivity index is 3.19. The maximum atomic E-state index is 11.9. The van der Waals surface area contributed by atoms with Crippen molar-refractivity contribution in [2.24, 2.45) is 0 Å². The molecule has 0 bridgehead atoms. The predicted octanol–water partition coefficient (Wildman–Crippen LogP) is 5.99. The highest BCUT2D eigenvalue weighted by Crippen LogP contribution is 2.13. The highest BCUT2D eigenvalue weighted by molar-refractivity contribution is 5.78. The Morgan fingerprint density at radius 1 is 0.600 bits per heavy atom. The molecular formula is C25H49NO4. The molecule has 0 saturated heterocycles. The van der Waals surface area contributed by atoms with Gasteiger partial charge < -0.3 is 14.8 Å². The summed E-state index contributed by atoms with van der Waals surface area (Å²) in [5.41, 5.74) is 0. The van der Waals surface area contributed by atoms with Gasteiger partial charge in [0.15, 0.2) is 0 Å². The van der Waals surface area contributed by atoms with E-state index in [-0.39, 0.29) is 12.5 Å². The second kappa shape index (κ2) is 24.3. The number of hydrogen-bond acceptors (Lipinski definition) is 4. The van der Waals surface area contributed by atoms with E-state index in [9.17, 15) is 9.59 Å². The van der Waals surface area contributed by atoms with Crippen LogP contribution in [-0.4, -0.2) is 44.7 Å². The van der Waals surface area contributed by atoms with Gasteiger partial charge in [0.25, 0.3) is 0 Å². The smallest absolute Gasteiger partial charge is 0.245 e. The first-order valence-electron chi connectivity index (χ1n) is 12.6. The molecule has 0 aliphatic carbocycles. The number of rotatable bonds is 24. The Morgan fingerprint density at radius 3 is 1.67 bits per heavy atom. The minimum Gasteiger partial charge on any atom is -0.379 e. The number of Topliss-reactive ketones (excluding diaryl/α,β-unsaturated/α-hetero) is 1. The number of unbranched alkanes of at least 4 members (excludes halogenated alkanes) is 12. The van der Waals surface area contributed by atoms with Crippen molar-refractivity contribution in [1.82, 2.24) is 5.32 Å². The third-order valence-corrected chi connectivity index (χ3v) is 5.28. The van der Waals surface area contributed by atoms with E-state index in [0.29, 0.717) is 45.0 Å². The summed E-state index contributed by atoms with van der Waals surface area (Å²) in [6.45, 7) is 6.29. The topological polar surface area (TPSA) is 64.6 Å². The molecule has 0 atom stereocenters. The van der Waals surface area contributed by atoms with Crippen molar-refractivity contribution in [2.45, 2.75) is 117 Å². The van der Waals surface area contributed by atoms with E-state index in [1.165, 1.54) is 77.0 Å². The minimum absolute atomic E-state index is 0.0782. The Bertz CT molecular complexity index is 387. The number of amides is 1. The SMILES string of the molecule is CCCCCCCCCCCCCCCC(=O)CCCOCCOCC(=O)NCC. The van der Waals surface area contributed by atoms with E-state index in [1.807, 2.05) is 6.92 Å². The van der Waals surface area contributed by atoms with Crippen LogP contribution in [0.25, 0.3) is 0 Å². The molecule has 178 valence electrons. The van der Waals surface area contributed by atoms with Crippen molar-refractivity contribution in [1.29, 1.82) is 0 Å². The quantitative estimate of drug-likeness (QED) is 0.192. The molecule has 5 nitrogen and oxygen atoms in total. The fourth-order valence-electron chi connectivity index (χ4n) is 3.47. The normalized spacial score (nSPS) is 11.0. The van der Waals surface area contributed by atoms with Gasteiger partial charge in [-0.05, 0) is 19.8 Å². The second-order valence-electron chi connectivity index (χ2n) is 8.25. The number of hydrogen-bond donors (Lipinski definition) is 1. The molecule has 0 radical (unpaired) electrons. The molecule has 0 saturated carbocycles. The molecule has 0 rings (SSSR count). The van der Waals surface area contributed by atoms with E-state index < -0.39 is 0 Å². The minimum atomic E-state index is -0.101. The molecule has 0 aromatic rings. The predicted molar refractivity (Wildman–Crippen MR) is 125 cm³/mol. The first-order chi connectivity index (χ1) is 14.7. The zero-order chi connectivity index (χ0) is 22.1. The van der Waals surface area contributed by atoms with Crippen LogP contribution in [0.2, 0.25) is 0 Å². The van der Waals surface area contributed by atoms with Gasteiger partial charge in [0.1, 0.15) is 12.4 Å². The van der Waals surface area contributed by atoms with Crippen LogP contribution < -0.4 is 5.32 Å². The van der Waals surface area contributed by atoms with Crippen LogP contribution in [0.3, 0.4) is 0 Å². The van der Waals surface area contributed by atoms with E-state index in [1.54, 1.807) is 0 Å². The first-order valence-corrected chi connectivity index (χ1v) is 12.6. The molecule has 0 aromatic carbocycles. The lowest BCUT2D eigenvalue weighted by molar-refractivity contribution is -0.126. The van der Waals surface area contributed by atoms with Gasteiger partial charge in [0.2, 0.25) is 5.91 Å². The van der Waals surface area contributed by atoms with Gasteiger partial charge in [0.05, 0.1) is 13.2 Å². The van der Waals surface area contributed by atoms with E-state index in [2.05, 4.69) is 12.2 Å². The second-order valence-corrected chi connectivity index (χ2v) is 8.25. The summed E-state index contributed by atoms with van der Waals surface area (Å²) in [5, 5.41) is 2.67.